The highest BCUT2D eigenvalue weighted by molar-refractivity contribution is 8.14. The molecule has 4 nitrogen and oxygen atoms in total. The van der Waals surface area contributed by atoms with Crippen molar-refractivity contribution in [2.24, 2.45) is 4.99 Å². The summed E-state index contributed by atoms with van der Waals surface area (Å²) in [6.07, 6.45) is 2.91. The van der Waals surface area contributed by atoms with Gasteiger partial charge in [0.25, 0.3) is 0 Å². The Morgan fingerprint density at radius 1 is 1.32 bits per heavy atom. The summed E-state index contributed by atoms with van der Waals surface area (Å²) in [6.45, 7) is 2.23. The Hall–Kier alpha value is -1.72. The average Bonchev–Trinajstić information content (AvgIpc) is 3.21. The van der Waals surface area contributed by atoms with Gasteiger partial charge in [-0.15, -0.1) is 0 Å². The van der Waals surface area contributed by atoms with Gasteiger partial charge >= 0.3 is 0 Å². The van der Waals surface area contributed by atoms with E-state index in [0.717, 1.165) is 34.3 Å². The number of fused-ring (bicyclic) bond motifs is 1. The summed E-state index contributed by atoms with van der Waals surface area (Å²) in [7, 11) is 1.70. The number of pyridine rings is 1. The zero-order valence-corrected chi connectivity index (χ0v) is 15.8. The van der Waals surface area contributed by atoms with E-state index in [-0.39, 0.29) is 12.1 Å². The first-order valence-corrected chi connectivity index (χ1v) is 9.82. The Morgan fingerprint density at radius 2 is 2.20 bits per heavy atom. The number of thioether (sulfide) groups is 1. The molecule has 2 aliphatic heterocycles. The molecule has 1 aromatic carbocycles. The fourth-order valence-corrected chi connectivity index (χ4v) is 5.14. The molecule has 4 rings (SSSR count). The molecule has 0 saturated carbocycles. The summed E-state index contributed by atoms with van der Waals surface area (Å²) in [4.78, 5) is 12.0. The molecule has 0 aliphatic carbocycles. The van der Waals surface area contributed by atoms with Crippen LogP contribution in [0.2, 0.25) is 5.02 Å². The van der Waals surface area contributed by atoms with Crippen LogP contribution in [-0.2, 0) is 0 Å². The third-order valence-electron chi connectivity index (χ3n) is 4.84. The second kappa shape index (κ2) is 6.89. The fraction of sp³-hybridized carbons (Fsp3) is 0.368. The van der Waals surface area contributed by atoms with Crippen LogP contribution < -0.4 is 4.74 Å². The second-order valence-electron chi connectivity index (χ2n) is 6.22. The maximum atomic E-state index is 6.33. The van der Waals surface area contributed by atoms with Crippen LogP contribution in [0.25, 0.3) is 0 Å². The minimum atomic E-state index is -0.0505. The number of benzene rings is 1. The van der Waals surface area contributed by atoms with Crippen molar-refractivity contribution in [1.29, 1.82) is 0 Å². The van der Waals surface area contributed by atoms with E-state index in [9.17, 15) is 0 Å². The smallest absolute Gasteiger partial charge is 0.160 e. The molecular formula is C19H20ClN3OS. The van der Waals surface area contributed by atoms with Crippen LogP contribution in [-0.4, -0.2) is 34.0 Å². The van der Waals surface area contributed by atoms with Crippen molar-refractivity contribution < 1.29 is 4.74 Å². The van der Waals surface area contributed by atoms with Crippen molar-refractivity contribution in [2.45, 2.75) is 31.5 Å². The number of aliphatic imine (C=N–C) groups is 1. The first kappa shape index (κ1) is 16.7. The van der Waals surface area contributed by atoms with E-state index in [1.165, 1.54) is 0 Å². The van der Waals surface area contributed by atoms with Crippen molar-refractivity contribution in [3.63, 3.8) is 0 Å². The van der Waals surface area contributed by atoms with Crippen molar-refractivity contribution in [3.05, 3.63) is 58.9 Å². The number of hydrogen-bond acceptors (Lipinski definition) is 5. The third kappa shape index (κ3) is 2.89. The van der Waals surface area contributed by atoms with E-state index >= 15 is 0 Å². The molecule has 130 valence electrons. The summed E-state index contributed by atoms with van der Waals surface area (Å²) in [5.41, 5.74) is 2.05. The number of methoxy groups -OCH3 is 1. The van der Waals surface area contributed by atoms with Gasteiger partial charge in [0.1, 0.15) is 11.8 Å². The number of hydrogen-bond donors (Lipinski definition) is 0. The second-order valence-corrected chi connectivity index (χ2v) is 7.65. The summed E-state index contributed by atoms with van der Waals surface area (Å²) in [6, 6.07) is 12.3. The number of halogens is 1. The molecule has 3 atom stereocenters. The first-order valence-electron chi connectivity index (χ1n) is 8.46. The Bertz CT molecular complexity index is 799. The lowest BCUT2D eigenvalue weighted by Gasteiger charge is -2.32. The molecular weight excluding hydrogens is 354 g/mol. The minimum Gasteiger partial charge on any atom is -0.496 e. The van der Waals surface area contributed by atoms with Gasteiger partial charge in [-0.2, -0.15) is 0 Å². The molecule has 0 amide bonds. The van der Waals surface area contributed by atoms with Gasteiger partial charge in [-0.3, -0.25) is 9.98 Å². The molecule has 6 heteroatoms. The van der Waals surface area contributed by atoms with Gasteiger partial charge < -0.3 is 9.64 Å². The number of nitrogens with zero attached hydrogens (tertiary/aromatic N) is 3. The average molecular weight is 374 g/mol. The van der Waals surface area contributed by atoms with Crippen LogP contribution in [0, 0.1) is 0 Å². The summed E-state index contributed by atoms with van der Waals surface area (Å²) in [5.74, 6) is 1.92. The summed E-state index contributed by atoms with van der Waals surface area (Å²) >= 11 is 8.16. The molecule has 0 unspecified atom stereocenters. The van der Waals surface area contributed by atoms with Crippen LogP contribution in [0.15, 0.2) is 47.6 Å². The van der Waals surface area contributed by atoms with E-state index in [2.05, 4.69) is 16.8 Å². The number of amidine groups is 1. The summed E-state index contributed by atoms with van der Waals surface area (Å²) in [5, 5.41) is 1.82. The van der Waals surface area contributed by atoms with Gasteiger partial charge in [-0.1, -0.05) is 36.4 Å². The van der Waals surface area contributed by atoms with Crippen LogP contribution in [0.3, 0.4) is 0 Å². The third-order valence-corrected chi connectivity index (χ3v) is 6.20. The molecule has 2 aromatic rings. The monoisotopic (exact) mass is 373 g/mol. The Labute approximate surface area is 157 Å². The Morgan fingerprint density at radius 3 is 2.92 bits per heavy atom. The van der Waals surface area contributed by atoms with Crippen molar-refractivity contribution >= 4 is 28.5 Å². The van der Waals surface area contributed by atoms with Crippen LogP contribution in [0.1, 0.15) is 36.7 Å². The lowest BCUT2D eigenvalue weighted by atomic mass is 9.94. The van der Waals surface area contributed by atoms with Crippen LogP contribution in [0.5, 0.6) is 5.75 Å². The van der Waals surface area contributed by atoms with Crippen molar-refractivity contribution in [1.82, 2.24) is 9.88 Å². The van der Waals surface area contributed by atoms with Crippen molar-refractivity contribution in [3.8, 4) is 5.75 Å². The van der Waals surface area contributed by atoms with Crippen molar-refractivity contribution in [2.75, 3.05) is 12.9 Å². The van der Waals surface area contributed by atoms with E-state index < -0.39 is 0 Å². The fourth-order valence-electron chi connectivity index (χ4n) is 3.62. The van der Waals surface area contributed by atoms with Crippen LogP contribution in [0.4, 0.5) is 0 Å². The molecule has 0 N–H and O–H groups in total. The van der Waals surface area contributed by atoms with E-state index in [1.807, 2.05) is 54.4 Å². The van der Waals surface area contributed by atoms with Crippen LogP contribution >= 0.6 is 23.4 Å². The number of ether oxygens (including phenoxy) is 1. The minimum absolute atomic E-state index is 0.0505. The highest BCUT2D eigenvalue weighted by Crippen LogP contribution is 2.50. The zero-order valence-electron chi connectivity index (χ0n) is 14.2. The van der Waals surface area contributed by atoms with Gasteiger partial charge in [-0.05, 0) is 36.8 Å². The van der Waals surface area contributed by atoms with Gasteiger partial charge in [0, 0.05) is 28.6 Å². The maximum Gasteiger partial charge on any atom is 0.160 e. The van der Waals surface area contributed by atoms with E-state index in [4.69, 9.17) is 21.3 Å². The molecule has 0 spiro atoms. The van der Waals surface area contributed by atoms with Gasteiger partial charge in [0.05, 0.1) is 18.8 Å². The summed E-state index contributed by atoms with van der Waals surface area (Å²) < 4.78 is 5.65. The van der Waals surface area contributed by atoms with Gasteiger partial charge in [0.15, 0.2) is 5.17 Å². The molecule has 0 radical (unpaired) electrons. The number of aromatic nitrogens is 1. The topological polar surface area (TPSA) is 37.7 Å². The molecule has 25 heavy (non-hydrogen) atoms. The van der Waals surface area contributed by atoms with E-state index in [1.54, 1.807) is 7.11 Å². The molecule has 1 fully saturated rings. The Kier molecular flexibility index (Phi) is 4.61. The standard InChI is InChI=1S/C19H20ClN3OS/c1-3-13-11-25-19-22-17(15-6-4-5-9-21-15)18(23(13)19)14-10-12(20)7-8-16(14)24-2/h4-10,13,17-18H,3,11H2,1-2H3/t13-,17+,18+/m1/s1. The first-order chi connectivity index (χ1) is 12.2. The van der Waals surface area contributed by atoms with Gasteiger partial charge in [0.2, 0.25) is 0 Å². The van der Waals surface area contributed by atoms with Gasteiger partial charge in [-0.25, -0.2) is 0 Å². The zero-order chi connectivity index (χ0) is 17.4. The lowest BCUT2D eigenvalue weighted by molar-refractivity contribution is 0.249. The lowest BCUT2D eigenvalue weighted by Crippen LogP contribution is -2.35. The normalized spacial score (nSPS) is 25.0. The SMILES string of the molecule is CC[C@@H]1CSC2=N[C@@H](c3ccccn3)[C@H](c3cc(Cl)ccc3OC)N21. The predicted molar refractivity (Wildman–Crippen MR) is 104 cm³/mol. The quantitative estimate of drug-likeness (QED) is 0.776. The molecule has 3 heterocycles. The highest BCUT2D eigenvalue weighted by Gasteiger charge is 2.46. The number of rotatable bonds is 4. The predicted octanol–water partition coefficient (Wildman–Crippen LogP) is 4.72. The highest BCUT2D eigenvalue weighted by atomic mass is 35.5. The molecule has 1 aromatic heterocycles. The largest absolute Gasteiger partial charge is 0.496 e. The van der Waals surface area contributed by atoms with E-state index in [0.29, 0.717) is 11.1 Å². The molecule has 0 bridgehead atoms. The Balaban J connectivity index is 1.85. The maximum absolute atomic E-state index is 6.33. The molecule has 1 saturated heterocycles. The molecule has 2 aliphatic rings.